The summed E-state index contributed by atoms with van der Waals surface area (Å²) in [4.78, 5) is 13.4. The zero-order valence-corrected chi connectivity index (χ0v) is 12.0. The summed E-state index contributed by atoms with van der Waals surface area (Å²) in [6, 6.07) is 7.02. The zero-order chi connectivity index (χ0) is 15.3. The van der Waals surface area contributed by atoms with Gasteiger partial charge in [-0.1, -0.05) is 30.3 Å². The van der Waals surface area contributed by atoms with E-state index >= 15 is 0 Å². The first-order chi connectivity index (χ1) is 10.0. The van der Waals surface area contributed by atoms with Gasteiger partial charge in [0.15, 0.2) is 0 Å². The maximum atomic E-state index is 14.3. The van der Waals surface area contributed by atoms with Gasteiger partial charge >= 0.3 is 5.97 Å². The molecule has 1 fully saturated rings. The van der Waals surface area contributed by atoms with Crippen LogP contribution in [0.2, 0.25) is 0 Å². The van der Waals surface area contributed by atoms with Gasteiger partial charge in [-0.3, -0.25) is 9.69 Å². The Bertz CT molecular complexity index is 468. The number of hydrogen-bond donors (Lipinski definition) is 1. The van der Waals surface area contributed by atoms with E-state index in [1.165, 1.54) is 17.0 Å². The van der Waals surface area contributed by atoms with Crippen LogP contribution < -0.4 is 5.32 Å². The first-order valence-electron chi connectivity index (χ1n) is 7.09. The molecule has 0 spiro atoms. The zero-order valence-electron chi connectivity index (χ0n) is 12.0. The minimum absolute atomic E-state index is 0.0360. The first kappa shape index (κ1) is 15.9. The number of nitrogens with one attached hydrogen (secondary N) is 1. The van der Waals surface area contributed by atoms with Crippen molar-refractivity contribution >= 4 is 5.97 Å². The van der Waals surface area contributed by atoms with E-state index in [0.29, 0.717) is 19.6 Å². The van der Waals surface area contributed by atoms with Crippen molar-refractivity contribution in [3.63, 3.8) is 0 Å². The van der Waals surface area contributed by atoms with Gasteiger partial charge in [0, 0.05) is 25.2 Å². The van der Waals surface area contributed by atoms with E-state index in [-0.39, 0.29) is 12.2 Å². The van der Waals surface area contributed by atoms with Gasteiger partial charge in [0.25, 0.3) is 5.92 Å². The van der Waals surface area contributed by atoms with Crippen molar-refractivity contribution in [3.05, 3.63) is 35.9 Å². The monoisotopic (exact) mass is 298 g/mol. The molecule has 1 unspecified atom stereocenters. The molecule has 1 saturated heterocycles. The lowest BCUT2D eigenvalue weighted by atomic mass is 10.1. The van der Waals surface area contributed by atoms with Crippen molar-refractivity contribution in [2.24, 2.45) is 0 Å². The summed E-state index contributed by atoms with van der Waals surface area (Å²) in [5.41, 5.74) is -0.0360. The highest BCUT2D eigenvalue weighted by Crippen LogP contribution is 2.29. The van der Waals surface area contributed by atoms with Crippen LogP contribution in [-0.4, -0.2) is 49.7 Å². The topological polar surface area (TPSA) is 41.6 Å². The van der Waals surface area contributed by atoms with Crippen LogP contribution in [0.5, 0.6) is 0 Å². The van der Waals surface area contributed by atoms with E-state index in [0.717, 1.165) is 0 Å². The van der Waals surface area contributed by atoms with Gasteiger partial charge in [-0.2, -0.15) is 8.78 Å². The highest BCUT2D eigenvalue weighted by Gasteiger charge is 2.39. The molecule has 1 heterocycles. The van der Waals surface area contributed by atoms with E-state index in [1.807, 2.05) is 0 Å². The number of hydrogen-bond acceptors (Lipinski definition) is 4. The maximum Gasteiger partial charge on any atom is 0.324 e. The minimum Gasteiger partial charge on any atom is -0.465 e. The van der Waals surface area contributed by atoms with Crippen LogP contribution in [0.1, 0.15) is 12.5 Å². The molecule has 2 rings (SSSR count). The van der Waals surface area contributed by atoms with E-state index in [1.54, 1.807) is 25.1 Å². The van der Waals surface area contributed by atoms with Crippen molar-refractivity contribution < 1.29 is 18.3 Å². The fraction of sp³-hybridized carbons (Fsp3) is 0.533. The third kappa shape index (κ3) is 3.98. The molecular weight excluding hydrogens is 278 g/mol. The number of alkyl halides is 2. The molecule has 4 nitrogen and oxygen atoms in total. The number of benzene rings is 1. The normalized spacial score (nSPS) is 20.2. The lowest BCUT2D eigenvalue weighted by Crippen LogP contribution is -2.57. The third-order valence-corrected chi connectivity index (χ3v) is 3.51. The van der Waals surface area contributed by atoms with Gasteiger partial charge in [0.05, 0.1) is 13.2 Å². The standard InChI is InChI=1S/C15H20F2N2O2/c1-2-21-14(20)13-10-18-8-9-19(13)11-15(16,17)12-6-4-3-5-7-12/h3-7,13,18H,2,8-11H2,1H3. The Hall–Kier alpha value is -1.53. The Morgan fingerprint density at radius 1 is 1.43 bits per heavy atom. The van der Waals surface area contributed by atoms with Gasteiger partial charge < -0.3 is 10.1 Å². The predicted octanol–water partition coefficient (Wildman–Crippen LogP) is 1.62. The number of halogens is 2. The summed E-state index contributed by atoms with van der Waals surface area (Å²) >= 11 is 0. The summed E-state index contributed by atoms with van der Waals surface area (Å²) in [6.07, 6.45) is 0. The molecular formula is C15H20F2N2O2. The van der Waals surface area contributed by atoms with E-state index in [4.69, 9.17) is 4.74 Å². The second-order valence-electron chi connectivity index (χ2n) is 5.01. The number of nitrogens with zero attached hydrogens (tertiary/aromatic N) is 1. The molecule has 1 N–H and O–H groups in total. The predicted molar refractivity (Wildman–Crippen MR) is 75.2 cm³/mol. The molecule has 0 saturated carbocycles. The van der Waals surface area contributed by atoms with Gasteiger partial charge in [-0.25, -0.2) is 0 Å². The molecule has 1 aromatic carbocycles. The van der Waals surface area contributed by atoms with Gasteiger partial charge in [0.2, 0.25) is 0 Å². The number of ether oxygens (including phenoxy) is 1. The second kappa shape index (κ2) is 6.95. The Labute approximate surface area is 123 Å². The smallest absolute Gasteiger partial charge is 0.324 e. The van der Waals surface area contributed by atoms with Gasteiger partial charge in [-0.05, 0) is 6.92 Å². The van der Waals surface area contributed by atoms with Gasteiger partial charge in [-0.15, -0.1) is 0 Å². The Kier molecular flexibility index (Phi) is 5.25. The second-order valence-corrected chi connectivity index (χ2v) is 5.01. The summed E-state index contributed by atoms with van der Waals surface area (Å²) < 4.78 is 33.7. The number of rotatable bonds is 5. The number of carbonyl (C=O) groups is 1. The highest BCUT2D eigenvalue weighted by molar-refractivity contribution is 5.76. The number of esters is 1. The maximum absolute atomic E-state index is 14.3. The van der Waals surface area contributed by atoms with Crippen LogP contribution >= 0.6 is 0 Å². The Balaban J connectivity index is 2.09. The summed E-state index contributed by atoms with van der Waals surface area (Å²) in [5, 5.41) is 3.04. The Morgan fingerprint density at radius 3 is 2.81 bits per heavy atom. The minimum atomic E-state index is -3.00. The average molecular weight is 298 g/mol. The SMILES string of the molecule is CCOC(=O)C1CNCCN1CC(F)(F)c1ccccc1. The van der Waals surface area contributed by atoms with Crippen LogP contribution in [0.4, 0.5) is 8.78 Å². The summed E-state index contributed by atoms with van der Waals surface area (Å²) in [6.45, 7) is 2.79. The first-order valence-corrected chi connectivity index (χ1v) is 7.09. The largest absolute Gasteiger partial charge is 0.465 e. The molecule has 116 valence electrons. The lowest BCUT2D eigenvalue weighted by molar-refractivity contribution is -0.152. The molecule has 0 aliphatic carbocycles. The highest BCUT2D eigenvalue weighted by atomic mass is 19.3. The molecule has 1 aromatic rings. The van der Waals surface area contributed by atoms with Gasteiger partial charge in [0.1, 0.15) is 6.04 Å². The molecule has 1 aliphatic heterocycles. The lowest BCUT2D eigenvalue weighted by Gasteiger charge is -2.36. The number of carbonyl (C=O) groups excluding carboxylic acids is 1. The van der Waals surface area contributed by atoms with Crippen molar-refractivity contribution in [3.8, 4) is 0 Å². The average Bonchev–Trinajstić information content (AvgIpc) is 2.48. The Morgan fingerprint density at radius 2 is 2.14 bits per heavy atom. The molecule has 0 amide bonds. The summed E-state index contributed by atoms with van der Waals surface area (Å²) in [5.74, 6) is -3.45. The van der Waals surface area contributed by atoms with Crippen molar-refractivity contribution in [1.82, 2.24) is 10.2 Å². The van der Waals surface area contributed by atoms with Crippen molar-refractivity contribution in [1.29, 1.82) is 0 Å². The third-order valence-electron chi connectivity index (χ3n) is 3.51. The molecule has 0 bridgehead atoms. The molecule has 0 radical (unpaired) electrons. The number of piperazine rings is 1. The van der Waals surface area contributed by atoms with E-state index < -0.39 is 24.5 Å². The fourth-order valence-electron chi connectivity index (χ4n) is 2.43. The fourth-order valence-corrected chi connectivity index (χ4v) is 2.43. The van der Waals surface area contributed by atoms with Crippen molar-refractivity contribution in [2.75, 3.05) is 32.8 Å². The quantitative estimate of drug-likeness (QED) is 0.839. The van der Waals surface area contributed by atoms with Crippen molar-refractivity contribution in [2.45, 2.75) is 18.9 Å². The molecule has 6 heteroatoms. The summed E-state index contributed by atoms with van der Waals surface area (Å²) in [7, 11) is 0. The van der Waals surface area contributed by atoms with Crippen LogP contribution in [0, 0.1) is 0 Å². The molecule has 1 aliphatic rings. The molecule has 0 aromatic heterocycles. The van der Waals surface area contributed by atoms with Crippen LogP contribution in [-0.2, 0) is 15.5 Å². The van der Waals surface area contributed by atoms with Crippen LogP contribution in [0.25, 0.3) is 0 Å². The van der Waals surface area contributed by atoms with Crippen LogP contribution in [0.15, 0.2) is 30.3 Å². The van der Waals surface area contributed by atoms with Crippen LogP contribution in [0.3, 0.4) is 0 Å². The molecule has 1 atom stereocenters. The molecule has 21 heavy (non-hydrogen) atoms. The van der Waals surface area contributed by atoms with E-state index in [9.17, 15) is 13.6 Å². The van der Waals surface area contributed by atoms with E-state index in [2.05, 4.69) is 5.32 Å².